The first-order valence-corrected chi connectivity index (χ1v) is 10.8. The van der Waals surface area contributed by atoms with E-state index in [1.54, 1.807) is 0 Å². The number of carbonyl (C=O) groups excluding carboxylic acids is 2. The maximum atomic E-state index is 11.5. The molecule has 2 fully saturated rings. The van der Waals surface area contributed by atoms with E-state index >= 15 is 0 Å². The third-order valence-corrected chi connectivity index (χ3v) is 6.07. The van der Waals surface area contributed by atoms with E-state index in [0.29, 0.717) is 0 Å². The first-order valence-electron chi connectivity index (χ1n) is 10.8. The van der Waals surface area contributed by atoms with E-state index in [-0.39, 0.29) is 47.2 Å². The van der Waals surface area contributed by atoms with E-state index in [9.17, 15) is 9.59 Å². The average molecular weight is 429 g/mol. The van der Waals surface area contributed by atoms with Gasteiger partial charge in [-0.05, 0) is 54.4 Å². The molecule has 2 rings (SSSR count). The van der Waals surface area contributed by atoms with Crippen LogP contribution in [0.4, 0.5) is 9.59 Å². The molecule has 0 aromatic rings. The second-order valence-electron chi connectivity index (χ2n) is 11.7. The summed E-state index contributed by atoms with van der Waals surface area (Å²) in [7, 11) is 0. The summed E-state index contributed by atoms with van der Waals surface area (Å²) in [5, 5.41) is 5.70. The molecular formula is C22H44N4O4. The van der Waals surface area contributed by atoms with Crippen LogP contribution in [-0.4, -0.2) is 47.6 Å². The van der Waals surface area contributed by atoms with E-state index in [0.717, 1.165) is 12.8 Å². The van der Waals surface area contributed by atoms with Crippen LogP contribution in [0.3, 0.4) is 0 Å². The molecule has 0 aromatic carbocycles. The minimum Gasteiger partial charge on any atom is -0.444 e. The zero-order valence-electron chi connectivity index (χ0n) is 20.5. The average Bonchev–Trinajstić information content (AvgIpc) is 2.51. The zero-order chi connectivity index (χ0) is 23.7. The first kappa shape index (κ1) is 26.5. The highest BCUT2D eigenvalue weighted by Crippen LogP contribution is 2.39. The van der Waals surface area contributed by atoms with E-state index in [4.69, 9.17) is 20.9 Å². The molecule has 8 nitrogen and oxygen atoms in total. The largest absolute Gasteiger partial charge is 0.444 e. The van der Waals surface area contributed by atoms with Crippen LogP contribution < -0.4 is 22.1 Å². The third-order valence-electron chi connectivity index (χ3n) is 6.07. The van der Waals surface area contributed by atoms with Gasteiger partial charge in [-0.3, -0.25) is 0 Å². The standard InChI is InChI=1S/2C11H22N2O2/c2*1-10(2,3)15-9(14)13-8-6-7(12)11(8,4)5/h2*7-8H,6,12H2,1-5H3,(H,13,14)/t2*7-,8-/m10/s1. The lowest BCUT2D eigenvalue weighted by Gasteiger charge is -2.50. The molecule has 0 unspecified atom stereocenters. The van der Waals surface area contributed by atoms with Crippen molar-refractivity contribution in [2.75, 3.05) is 0 Å². The monoisotopic (exact) mass is 428 g/mol. The predicted octanol–water partition coefficient (Wildman–Crippen LogP) is 3.27. The number of hydrogen-bond acceptors (Lipinski definition) is 6. The maximum Gasteiger partial charge on any atom is 0.407 e. The molecule has 0 spiro atoms. The summed E-state index contributed by atoms with van der Waals surface area (Å²) in [4.78, 5) is 23.0. The number of nitrogens with two attached hydrogens (primary N) is 2. The van der Waals surface area contributed by atoms with Crippen molar-refractivity contribution in [1.82, 2.24) is 10.6 Å². The highest BCUT2D eigenvalue weighted by atomic mass is 16.6. The zero-order valence-corrected chi connectivity index (χ0v) is 20.5. The lowest BCUT2D eigenvalue weighted by Crippen LogP contribution is -2.64. The second-order valence-corrected chi connectivity index (χ2v) is 11.7. The van der Waals surface area contributed by atoms with Gasteiger partial charge < -0.3 is 31.6 Å². The SMILES string of the molecule is CC(C)(C)OC(=O)N[C@@H]1C[C@@H](N)C1(C)C.CC(C)(C)OC(=O)N[C@H]1C[C@H](N)C1(C)C. The molecule has 0 radical (unpaired) electrons. The molecule has 0 heterocycles. The van der Waals surface area contributed by atoms with Crippen LogP contribution >= 0.6 is 0 Å². The minimum absolute atomic E-state index is 0.0308. The quantitative estimate of drug-likeness (QED) is 0.534. The van der Waals surface area contributed by atoms with Crippen molar-refractivity contribution in [2.24, 2.45) is 22.3 Å². The van der Waals surface area contributed by atoms with Crippen molar-refractivity contribution in [1.29, 1.82) is 0 Å². The normalized spacial score (nSPS) is 29.2. The molecule has 0 aliphatic heterocycles. The van der Waals surface area contributed by atoms with Crippen LogP contribution in [0.25, 0.3) is 0 Å². The van der Waals surface area contributed by atoms with Crippen LogP contribution in [0.1, 0.15) is 82.1 Å². The Morgan fingerprint density at radius 1 is 0.733 bits per heavy atom. The molecule has 4 atom stereocenters. The van der Waals surface area contributed by atoms with Gasteiger partial charge in [0.15, 0.2) is 0 Å². The molecule has 6 N–H and O–H groups in total. The molecule has 2 aliphatic carbocycles. The Hall–Kier alpha value is -1.54. The van der Waals surface area contributed by atoms with E-state index in [1.165, 1.54) is 0 Å². The molecule has 2 saturated carbocycles. The number of hydrogen-bond donors (Lipinski definition) is 4. The lowest BCUT2D eigenvalue weighted by molar-refractivity contribution is 0.0248. The fraction of sp³-hybridized carbons (Fsp3) is 0.909. The molecule has 30 heavy (non-hydrogen) atoms. The molecule has 176 valence electrons. The van der Waals surface area contributed by atoms with Crippen molar-refractivity contribution in [3.63, 3.8) is 0 Å². The highest BCUT2D eigenvalue weighted by Gasteiger charge is 2.48. The number of rotatable bonds is 2. The van der Waals surface area contributed by atoms with Gasteiger partial charge in [0.05, 0.1) is 0 Å². The van der Waals surface area contributed by atoms with Crippen LogP contribution in [0.5, 0.6) is 0 Å². The Morgan fingerprint density at radius 2 is 1.00 bits per heavy atom. The van der Waals surface area contributed by atoms with Crippen molar-refractivity contribution >= 4 is 12.2 Å². The van der Waals surface area contributed by atoms with Gasteiger partial charge in [-0.1, -0.05) is 27.7 Å². The fourth-order valence-electron chi connectivity index (χ4n) is 3.31. The van der Waals surface area contributed by atoms with Crippen molar-refractivity contribution in [2.45, 2.75) is 117 Å². The molecule has 0 saturated heterocycles. The van der Waals surface area contributed by atoms with Gasteiger partial charge in [0.1, 0.15) is 11.2 Å². The Kier molecular flexibility index (Phi) is 7.87. The summed E-state index contributed by atoms with van der Waals surface area (Å²) in [5.41, 5.74) is 10.8. The summed E-state index contributed by atoms with van der Waals surface area (Å²) in [5.74, 6) is 0. The summed E-state index contributed by atoms with van der Waals surface area (Å²) >= 11 is 0. The summed E-state index contributed by atoms with van der Waals surface area (Å²) in [6.07, 6.45) is 0.943. The number of amides is 2. The van der Waals surface area contributed by atoms with Crippen LogP contribution in [-0.2, 0) is 9.47 Å². The van der Waals surface area contributed by atoms with Crippen molar-refractivity contribution in [3.8, 4) is 0 Å². The number of carbonyl (C=O) groups is 2. The number of alkyl carbamates (subject to hydrolysis) is 2. The van der Waals surface area contributed by atoms with Crippen LogP contribution in [0.2, 0.25) is 0 Å². The second kappa shape index (κ2) is 8.91. The summed E-state index contributed by atoms with van der Waals surface area (Å²) < 4.78 is 10.4. The van der Waals surface area contributed by atoms with Crippen molar-refractivity contribution < 1.29 is 19.1 Å². The van der Waals surface area contributed by atoms with E-state index in [2.05, 4.69) is 38.3 Å². The first-order chi connectivity index (χ1) is 13.3. The number of nitrogens with one attached hydrogen (secondary N) is 2. The Balaban J connectivity index is 0.000000300. The minimum atomic E-state index is -0.444. The topological polar surface area (TPSA) is 129 Å². The molecular weight excluding hydrogens is 384 g/mol. The van der Waals surface area contributed by atoms with Gasteiger partial charge in [-0.15, -0.1) is 0 Å². The van der Waals surface area contributed by atoms with Gasteiger partial charge in [0, 0.05) is 35.0 Å². The Morgan fingerprint density at radius 3 is 1.17 bits per heavy atom. The third kappa shape index (κ3) is 7.30. The molecule has 2 amide bonds. The molecule has 2 aliphatic rings. The predicted molar refractivity (Wildman–Crippen MR) is 119 cm³/mol. The van der Waals surface area contributed by atoms with Gasteiger partial charge >= 0.3 is 12.2 Å². The summed E-state index contributed by atoms with van der Waals surface area (Å²) in [6.45, 7) is 19.3. The Bertz CT molecular complexity index is 566. The maximum absolute atomic E-state index is 11.5. The van der Waals surface area contributed by atoms with E-state index in [1.807, 2.05) is 41.5 Å². The van der Waals surface area contributed by atoms with Gasteiger partial charge in [0.2, 0.25) is 0 Å². The molecule has 8 heteroatoms. The van der Waals surface area contributed by atoms with E-state index < -0.39 is 11.2 Å². The molecule has 0 bridgehead atoms. The fourth-order valence-corrected chi connectivity index (χ4v) is 3.31. The Labute approximate surface area is 182 Å². The van der Waals surface area contributed by atoms with Crippen LogP contribution in [0.15, 0.2) is 0 Å². The molecule has 0 aromatic heterocycles. The summed E-state index contributed by atoms with van der Waals surface area (Å²) in [6, 6.07) is 0.583. The smallest absolute Gasteiger partial charge is 0.407 e. The van der Waals surface area contributed by atoms with Gasteiger partial charge in [-0.25, -0.2) is 9.59 Å². The highest BCUT2D eigenvalue weighted by molar-refractivity contribution is 5.69. The van der Waals surface area contributed by atoms with Gasteiger partial charge in [-0.2, -0.15) is 0 Å². The van der Waals surface area contributed by atoms with Gasteiger partial charge in [0.25, 0.3) is 0 Å². The van der Waals surface area contributed by atoms with Crippen LogP contribution in [0, 0.1) is 10.8 Å². The van der Waals surface area contributed by atoms with Crippen molar-refractivity contribution in [3.05, 3.63) is 0 Å². The lowest BCUT2D eigenvalue weighted by atomic mass is 9.63. The number of ether oxygens (including phenoxy) is 2.